The Morgan fingerprint density at radius 1 is 0.829 bits per heavy atom. The Kier molecular flexibility index (Phi) is 9.55. The molecule has 1 aromatic rings. The molecule has 0 spiro atoms. The van der Waals surface area contributed by atoms with Gasteiger partial charge in [0.05, 0.1) is 5.75 Å². The average Bonchev–Trinajstić information content (AvgIpc) is 2.74. The summed E-state index contributed by atoms with van der Waals surface area (Å²) in [7, 11) is -4.29. The average molecular weight is 513 g/mol. The predicted octanol–water partition coefficient (Wildman–Crippen LogP) is 1.20. The normalized spacial score (nSPS) is 24.1. The van der Waals surface area contributed by atoms with Crippen LogP contribution >= 0.6 is 0 Å². The fourth-order valence-corrected chi connectivity index (χ4v) is 5.31. The molecule has 1 aliphatic heterocycles. The molecule has 1 saturated heterocycles. The standard InChI is InChI=1S/C23H28O11S/c1-13(18-9-7-6-8-10-18)12-35(28,29)23-22(33-17(5)27)21(32-16(4)26)20(31-15(3)25)19(34-23)11-30-14(2)24/h6-10,19-23H,1,11-12H2,2-5H3/t19-,20-,21+,22-,23?/m1/s1. The first-order valence-electron chi connectivity index (χ1n) is 10.6. The van der Waals surface area contributed by atoms with Gasteiger partial charge in [-0.2, -0.15) is 0 Å². The third-order valence-electron chi connectivity index (χ3n) is 4.86. The highest BCUT2D eigenvalue weighted by Crippen LogP contribution is 2.33. The van der Waals surface area contributed by atoms with Crippen molar-refractivity contribution < 1.29 is 51.3 Å². The van der Waals surface area contributed by atoms with Gasteiger partial charge in [0.1, 0.15) is 12.7 Å². The lowest BCUT2D eigenvalue weighted by Gasteiger charge is -2.44. The van der Waals surface area contributed by atoms with Gasteiger partial charge in [0, 0.05) is 27.7 Å². The van der Waals surface area contributed by atoms with Crippen LogP contribution in [0.3, 0.4) is 0 Å². The van der Waals surface area contributed by atoms with Crippen LogP contribution in [-0.2, 0) is 52.7 Å². The molecule has 0 aromatic heterocycles. The number of sulfone groups is 1. The molecule has 12 heteroatoms. The smallest absolute Gasteiger partial charge is 0.303 e. The van der Waals surface area contributed by atoms with Gasteiger partial charge < -0.3 is 23.7 Å². The molecule has 5 atom stereocenters. The second-order valence-electron chi connectivity index (χ2n) is 7.84. The monoisotopic (exact) mass is 512 g/mol. The van der Waals surface area contributed by atoms with E-state index in [1.165, 1.54) is 0 Å². The minimum Gasteiger partial charge on any atom is -0.463 e. The third-order valence-corrected chi connectivity index (χ3v) is 6.70. The van der Waals surface area contributed by atoms with Crippen LogP contribution in [0.15, 0.2) is 36.9 Å². The van der Waals surface area contributed by atoms with Crippen molar-refractivity contribution in [3.63, 3.8) is 0 Å². The molecule has 1 heterocycles. The van der Waals surface area contributed by atoms with Crippen LogP contribution in [0, 0.1) is 0 Å². The van der Waals surface area contributed by atoms with Crippen LogP contribution in [-0.4, -0.2) is 74.5 Å². The molecule has 192 valence electrons. The highest BCUT2D eigenvalue weighted by molar-refractivity contribution is 7.92. The lowest BCUT2D eigenvalue weighted by atomic mass is 9.99. The lowest BCUT2D eigenvalue weighted by molar-refractivity contribution is -0.238. The number of benzene rings is 1. The zero-order chi connectivity index (χ0) is 26.3. The van der Waals surface area contributed by atoms with E-state index in [0.29, 0.717) is 5.56 Å². The largest absolute Gasteiger partial charge is 0.463 e. The molecule has 0 radical (unpaired) electrons. The molecule has 0 saturated carbocycles. The number of carbonyl (C=O) groups is 4. The zero-order valence-electron chi connectivity index (χ0n) is 19.8. The first-order valence-corrected chi connectivity index (χ1v) is 12.3. The number of esters is 4. The maximum absolute atomic E-state index is 13.5. The van der Waals surface area contributed by atoms with Crippen LogP contribution in [0.1, 0.15) is 33.3 Å². The summed E-state index contributed by atoms with van der Waals surface area (Å²) in [5, 5.41) is 0. The fraction of sp³-hybridized carbons (Fsp3) is 0.478. The number of ether oxygens (including phenoxy) is 5. The van der Waals surface area contributed by atoms with Crippen molar-refractivity contribution in [2.24, 2.45) is 0 Å². The van der Waals surface area contributed by atoms with Crippen molar-refractivity contribution in [1.29, 1.82) is 0 Å². The fourth-order valence-electron chi connectivity index (χ4n) is 3.56. The van der Waals surface area contributed by atoms with Gasteiger partial charge in [-0.3, -0.25) is 19.2 Å². The summed E-state index contributed by atoms with van der Waals surface area (Å²) >= 11 is 0. The molecule has 0 N–H and O–H groups in total. The summed E-state index contributed by atoms with van der Waals surface area (Å²) in [5.41, 5.74) is -1.07. The number of carbonyl (C=O) groups excluding carboxylic acids is 4. The van der Waals surface area contributed by atoms with Crippen molar-refractivity contribution in [3.05, 3.63) is 42.5 Å². The van der Waals surface area contributed by atoms with Crippen LogP contribution in [0.25, 0.3) is 5.57 Å². The van der Waals surface area contributed by atoms with Crippen molar-refractivity contribution in [2.45, 2.75) is 57.5 Å². The van der Waals surface area contributed by atoms with E-state index in [1.54, 1.807) is 30.3 Å². The first kappa shape index (κ1) is 28.0. The van der Waals surface area contributed by atoms with Gasteiger partial charge in [0.25, 0.3) is 0 Å². The van der Waals surface area contributed by atoms with Crippen LogP contribution in [0.5, 0.6) is 0 Å². The maximum atomic E-state index is 13.5. The molecule has 0 bridgehead atoms. The molecule has 0 aliphatic carbocycles. The van der Waals surface area contributed by atoms with Gasteiger partial charge >= 0.3 is 23.9 Å². The summed E-state index contributed by atoms with van der Waals surface area (Å²) < 4.78 is 53.4. The van der Waals surface area contributed by atoms with Crippen LogP contribution in [0.4, 0.5) is 0 Å². The van der Waals surface area contributed by atoms with Gasteiger partial charge in [-0.1, -0.05) is 36.9 Å². The van der Waals surface area contributed by atoms with Gasteiger partial charge in [0.15, 0.2) is 33.6 Å². The van der Waals surface area contributed by atoms with E-state index in [0.717, 1.165) is 27.7 Å². The Bertz CT molecular complexity index is 1060. The summed E-state index contributed by atoms with van der Waals surface area (Å²) in [6.07, 6.45) is -6.06. The molecule has 35 heavy (non-hydrogen) atoms. The van der Waals surface area contributed by atoms with E-state index in [4.69, 9.17) is 23.7 Å². The van der Waals surface area contributed by atoms with E-state index in [-0.39, 0.29) is 5.57 Å². The molecule has 1 unspecified atom stereocenters. The molecular formula is C23H28O11S. The van der Waals surface area contributed by atoms with Gasteiger partial charge in [0.2, 0.25) is 0 Å². The van der Waals surface area contributed by atoms with Gasteiger partial charge in [-0.25, -0.2) is 8.42 Å². The quantitative estimate of drug-likeness (QED) is 0.347. The van der Waals surface area contributed by atoms with E-state index < -0.39 is 75.9 Å². The van der Waals surface area contributed by atoms with Crippen molar-refractivity contribution in [1.82, 2.24) is 0 Å². The minimum absolute atomic E-state index is 0.235. The Morgan fingerprint density at radius 3 is 1.86 bits per heavy atom. The molecule has 1 aliphatic rings. The van der Waals surface area contributed by atoms with E-state index in [9.17, 15) is 27.6 Å². The van der Waals surface area contributed by atoms with Crippen molar-refractivity contribution in [3.8, 4) is 0 Å². The first-order chi connectivity index (χ1) is 16.3. The van der Waals surface area contributed by atoms with Gasteiger partial charge in [-0.05, 0) is 11.1 Å². The molecule has 11 nitrogen and oxygen atoms in total. The third kappa shape index (κ3) is 7.89. The zero-order valence-corrected chi connectivity index (χ0v) is 20.6. The van der Waals surface area contributed by atoms with Crippen molar-refractivity contribution in [2.75, 3.05) is 12.4 Å². The Balaban J connectivity index is 2.53. The SMILES string of the molecule is C=C(CS(=O)(=O)C1O[C@H](COC(C)=O)[C@@H](OC(C)=O)[C@H](OC(C)=O)[C@H]1OC(C)=O)c1ccccc1. The van der Waals surface area contributed by atoms with Crippen LogP contribution < -0.4 is 0 Å². The number of hydrogen-bond donors (Lipinski definition) is 0. The molecule has 1 fully saturated rings. The van der Waals surface area contributed by atoms with E-state index >= 15 is 0 Å². The maximum Gasteiger partial charge on any atom is 0.303 e. The summed E-state index contributed by atoms with van der Waals surface area (Å²) in [4.78, 5) is 46.9. The molecule has 2 rings (SSSR count). The lowest BCUT2D eigenvalue weighted by Crippen LogP contribution is -2.64. The highest BCUT2D eigenvalue weighted by Gasteiger charge is 2.56. The second kappa shape index (κ2) is 11.9. The Hall–Kier alpha value is -3.25. The molecule has 1 aromatic carbocycles. The number of rotatable bonds is 9. The summed E-state index contributed by atoms with van der Waals surface area (Å²) in [6.45, 7) is 7.57. The second-order valence-corrected chi connectivity index (χ2v) is 9.92. The van der Waals surface area contributed by atoms with E-state index in [2.05, 4.69) is 6.58 Å². The highest BCUT2D eigenvalue weighted by atomic mass is 32.2. The van der Waals surface area contributed by atoms with Gasteiger partial charge in [-0.15, -0.1) is 0 Å². The Labute approximate surface area is 203 Å². The summed E-state index contributed by atoms with van der Waals surface area (Å²) in [6, 6.07) is 8.52. The topological polar surface area (TPSA) is 149 Å². The molecular weight excluding hydrogens is 484 g/mol. The van der Waals surface area contributed by atoms with E-state index in [1.807, 2.05) is 0 Å². The molecule has 0 amide bonds. The van der Waals surface area contributed by atoms with Crippen LogP contribution in [0.2, 0.25) is 0 Å². The minimum atomic E-state index is -4.29. The van der Waals surface area contributed by atoms with Crippen molar-refractivity contribution >= 4 is 39.3 Å². The Morgan fingerprint density at radius 2 is 1.34 bits per heavy atom. The number of hydrogen-bond acceptors (Lipinski definition) is 11. The predicted molar refractivity (Wildman–Crippen MR) is 121 cm³/mol. The summed E-state index contributed by atoms with van der Waals surface area (Å²) in [5.74, 6) is -3.87.